The Bertz CT molecular complexity index is 628. The number of methoxy groups -OCH3 is 1. The molecule has 2 rings (SSSR count). The number of esters is 1. The van der Waals surface area contributed by atoms with Crippen LogP contribution in [0.5, 0.6) is 0 Å². The Morgan fingerprint density at radius 3 is 1.50 bits per heavy atom. The molecule has 0 unspecified atom stereocenters. The van der Waals surface area contributed by atoms with Gasteiger partial charge in [0.2, 0.25) is 0 Å². The van der Waals surface area contributed by atoms with Crippen molar-refractivity contribution in [2.45, 2.75) is 0 Å². The lowest BCUT2D eigenvalue weighted by Crippen LogP contribution is -1.91. The van der Waals surface area contributed by atoms with Gasteiger partial charge < -0.3 is 4.74 Å². The van der Waals surface area contributed by atoms with Gasteiger partial charge >= 0.3 is 5.97 Å². The van der Waals surface area contributed by atoms with E-state index in [1.807, 2.05) is 72.8 Å². The molecule has 0 aromatic heterocycles. The zero-order valence-electron chi connectivity index (χ0n) is 14.2. The molecule has 24 heavy (non-hydrogen) atoms. The third kappa shape index (κ3) is 9.00. The van der Waals surface area contributed by atoms with Crippen LogP contribution in [0.4, 0.5) is 0 Å². The van der Waals surface area contributed by atoms with E-state index in [1.54, 1.807) is 0 Å². The van der Waals surface area contributed by atoms with E-state index in [2.05, 4.69) is 31.1 Å². The fourth-order valence-corrected chi connectivity index (χ4v) is 1.56. The van der Waals surface area contributed by atoms with Gasteiger partial charge in [-0.3, -0.25) is 0 Å². The summed E-state index contributed by atoms with van der Waals surface area (Å²) >= 11 is 0. The van der Waals surface area contributed by atoms with Crippen LogP contribution in [0, 0.1) is 0 Å². The van der Waals surface area contributed by atoms with Crippen molar-refractivity contribution in [1.29, 1.82) is 0 Å². The van der Waals surface area contributed by atoms with E-state index < -0.39 is 5.97 Å². The van der Waals surface area contributed by atoms with E-state index in [0.29, 0.717) is 0 Å². The summed E-state index contributed by atoms with van der Waals surface area (Å²) in [7, 11) is 1.31. The van der Waals surface area contributed by atoms with E-state index in [4.69, 9.17) is 0 Å². The lowest BCUT2D eigenvalue weighted by Gasteiger charge is -1.96. The summed E-state index contributed by atoms with van der Waals surface area (Å²) in [4.78, 5) is 9.84. The van der Waals surface area contributed by atoms with Crippen molar-refractivity contribution in [3.05, 3.63) is 104 Å². The van der Waals surface area contributed by atoms with Crippen LogP contribution < -0.4 is 0 Å². The Morgan fingerprint density at radius 1 is 0.792 bits per heavy atom. The highest BCUT2D eigenvalue weighted by Crippen LogP contribution is 2.10. The minimum Gasteiger partial charge on any atom is -0.466 e. The monoisotopic (exact) mass is 320 g/mol. The molecule has 0 amide bonds. The van der Waals surface area contributed by atoms with Crippen LogP contribution in [-0.4, -0.2) is 13.1 Å². The molecule has 0 N–H and O–H groups in total. The minimum atomic E-state index is -0.394. The summed E-state index contributed by atoms with van der Waals surface area (Å²) in [5.41, 5.74) is 3.45. The van der Waals surface area contributed by atoms with Crippen molar-refractivity contribution in [3.63, 3.8) is 0 Å². The first-order chi connectivity index (χ1) is 11.6. The highest BCUT2D eigenvalue weighted by Gasteiger charge is 1.89. The average molecular weight is 320 g/mol. The number of rotatable bonds is 4. The van der Waals surface area contributed by atoms with Crippen molar-refractivity contribution in [2.24, 2.45) is 0 Å². The van der Waals surface area contributed by atoms with Crippen molar-refractivity contribution in [1.82, 2.24) is 0 Å². The van der Waals surface area contributed by atoms with Crippen LogP contribution >= 0.6 is 0 Å². The quantitative estimate of drug-likeness (QED) is 0.537. The first-order valence-electron chi connectivity index (χ1n) is 7.34. The molecule has 0 saturated carbocycles. The van der Waals surface area contributed by atoms with E-state index in [0.717, 1.165) is 17.2 Å². The van der Waals surface area contributed by atoms with E-state index in [9.17, 15) is 4.79 Å². The van der Waals surface area contributed by atoms with Crippen molar-refractivity contribution in [3.8, 4) is 0 Å². The SMILES string of the molecule is C=CC(=O)OC.C=Cc1ccccc1.C=Cc1ccccc1C=C. The smallest absolute Gasteiger partial charge is 0.329 e. The zero-order chi connectivity index (χ0) is 18.2. The number of benzene rings is 2. The van der Waals surface area contributed by atoms with Gasteiger partial charge in [0, 0.05) is 6.08 Å². The van der Waals surface area contributed by atoms with Crippen LogP contribution in [0.2, 0.25) is 0 Å². The van der Waals surface area contributed by atoms with Gasteiger partial charge in [-0.15, -0.1) is 0 Å². The Labute approximate surface area is 145 Å². The first-order valence-corrected chi connectivity index (χ1v) is 7.34. The largest absolute Gasteiger partial charge is 0.466 e. The van der Waals surface area contributed by atoms with Crippen LogP contribution in [0.3, 0.4) is 0 Å². The van der Waals surface area contributed by atoms with Gasteiger partial charge in [0.05, 0.1) is 7.11 Å². The molecule has 2 nitrogen and oxygen atoms in total. The van der Waals surface area contributed by atoms with Gasteiger partial charge in [0.25, 0.3) is 0 Å². The fourth-order valence-electron chi connectivity index (χ4n) is 1.56. The maximum absolute atomic E-state index is 9.84. The van der Waals surface area contributed by atoms with Crippen LogP contribution in [0.25, 0.3) is 18.2 Å². The maximum atomic E-state index is 9.84. The van der Waals surface area contributed by atoms with E-state index in [1.165, 1.54) is 12.7 Å². The van der Waals surface area contributed by atoms with Gasteiger partial charge in [-0.25, -0.2) is 4.79 Å². The minimum absolute atomic E-state index is 0.394. The van der Waals surface area contributed by atoms with Crippen LogP contribution in [-0.2, 0) is 9.53 Å². The molecule has 0 saturated heterocycles. The number of hydrogen-bond donors (Lipinski definition) is 0. The Hall–Kier alpha value is -3.13. The van der Waals surface area contributed by atoms with Gasteiger partial charge in [0.15, 0.2) is 0 Å². The number of carbonyl (C=O) groups is 1. The Kier molecular flexibility index (Phi) is 11.8. The van der Waals surface area contributed by atoms with Gasteiger partial charge in [-0.2, -0.15) is 0 Å². The molecular formula is C22H24O2. The molecular weight excluding hydrogens is 296 g/mol. The summed E-state index contributed by atoms with van der Waals surface area (Å²) in [6.07, 6.45) is 6.61. The second-order valence-electron chi connectivity index (χ2n) is 4.38. The Morgan fingerprint density at radius 2 is 1.25 bits per heavy atom. The molecule has 0 aliphatic rings. The highest BCUT2D eigenvalue weighted by molar-refractivity contribution is 5.80. The standard InChI is InChI=1S/C10H10.C8H8.C4H6O2/c1-3-9-7-5-6-8-10(9)4-2;1-2-8-6-4-3-5-7-8;1-3-4(5)6-2/h3-8H,1-2H2;2-7H,1H2;3H,1H2,2H3. The number of ether oxygens (including phenoxy) is 1. The third-order valence-corrected chi connectivity index (χ3v) is 2.84. The third-order valence-electron chi connectivity index (χ3n) is 2.84. The van der Waals surface area contributed by atoms with Gasteiger partial charge in [-0.05, 0) is 16.7 Å². The molecule has 2 heteroatoms. The second kappa shape index (κ2) is 13.5. The van der Waals surface area contributed by atoms with Crippen molar-refractivity contribution < 1.29 is 9.53 Å². The Balaban J connectivity index is 0.000000343. The van der Waals surface area contributed by atoms with Crippen LogP contribution in [0.1, 0.15) is 16.7 Å². The summed E-state index contributed by atoms with van der Waals surface area (Å²) < 4.78 is 4.14. The molecule has 2 aromatic rings. The molecule has 0 radical (unpaired) electrons. The van der Waals surface area contributed by atoms with Crippen LogP contribution in [0.15, 0.2) is 87.0 Å². The van der Waals surface area contributed by atoms with Crippen molar-refractivity contribution >= 4 is 24.2 Å². The van der Waals surface area contributed by atoms with Gasteiger partial charge in [0.1, 0.15) is 0 Å². The van der Waals surface area contributed by atoms with E-state index >= 15 is 0 Å². The number of carbonyl (C=O) groups excluding carboxylic acids is 1. The van der Waals surface area contributed by atoms with E-state index in [-0.39, 0.29) is 0 Å². The lowest BCUT2D eigenvalue weighted by atomic mass is 10.1. The normalized spacial score (nSPS) is 8.21. The topological polar surface area (TPSA) is 26.3 Å². The highest BCUT2D eigenvalue weighted by atomic mass is 16.5. The molecule has 0 heterocycles. The molecule has 0 atom stereocenters. The first kappa shape index (κ1) is 20.9. The number of hydrogen-bond acceptors (Lipinski definition) is 2. The molecule has 0 aliphatic carbocycles. The molecule has 0 spiro atoms. The average Bonchev–Trinajstić information content (AvgIpc) is 2.68. The molecule has 0 bridgehead atoms. The fraction of sp³-hybridized carbons (Fsp3) is 0.0455. The summed E-state index contributed by atoms with van der Waals surface area (Å²) in [5.74, 6) is -0.394. The zero-order valence-corrected chi connectivity index (χ0v) is 14.2. The lowest BCUT2D eigenvalue weighted by molar-refractivity contribution is -0.134. The molecule has 2 aromatic carbocycles. The summed E-state index contributed by atoms with van der Waals surface area (Å²) in [6.45, 7) is 14.2. The van der Waals surface area contributed by atoms with Crippen molar-refractivity contribution in [2.75, 3.05) is 7.11 Å². The van der Waals surface area contributed by atoms with Gasteiger partial charge in [-0.1, -0.05) is 99.1 Å². The molecule has 0 fully saturated rings. The second-order valence-corrected chi connectivity index (χ2v) is 4.38. The molecule has 124 valence electrons. The maximum Gasteiger partial charge on any atom is 0.329 e. The summed E-state index contributed by atoms with van der Waals surface area (Å²) in [6, 6.07) is 18.0. The predicted molar refractivity (Wildman–Crippen MR) is 105 cm³/mol. The molecule has 0 aliphatic heterocycles. The summed E-state index contributed by atoms with van der Waals surface area (Å²) in [5, 5.41) is 0. The predicted octanol–water partition coefficient (Wildman–Crippen LogP) is 5.65.